The maximum atomic E-state index is 14.9. The maximum absolute atomic E-state index is 14.9. The summed E-state index contributed by atoms with van der Waals surface area (Å²) < 4.78 is 92.6. The van der Waals surface area contributed by atoms with Gasteiger partial charge in [-0.2, -0.15) is 26.3 Å². The molecule has 1 N–H and O–H groups in total. The van der Waals surface area contributed by atoms with Gasteiger partial charge in [0.2, 0.25) is 0 Å². The van der Waals surface area contributed by atoms with Crippen molar-refractivity contribution < 1.29 is 35.5 Å². The molecule has 0 heterocycles. The normalized spacial score (nSPS) is 14.6. The zero-order chi connectivity index (χ0) is 27.4. The van der Waals surface area contributed by atoms with Gasteiger partial charge in [0.05, 0.1) is 26.6 Å². The third-order valence-corrected chi connectivity index (χ3v) is 6.44. The number of Topliss-reactive ketones (excluding diaryl/α,β-unsaturated/α-hetero) is 1. The molecule has 0 amide bonds. The van der Waals surface area contributed by atoms with Crippen LogP contribution in [0.25, 0.3) is 5.83 Å². The molecule has 2 atom stereocenters. The number of hydrogen-bond acceptors (Lipinski definition) is 2. The van der Waals surface area contributed by atoms with Crippen LogP contribution in [-0.2, 0) is 0 Å². The lowest BCUT2D eigenvalue weighted by atomic mass is 9.95. The van der Waals surface area contributed by atoms with Gasteiger partial charge >= 0.3 is 12.4 Å². The number of allylic oxidation sites excluding steroid dienone is 1. The molecule has 1 unspecified atom stereocenters. The van der Waals surface area contributed by atoms with Gasteiger partial charge in [0.1, 0.15) is 11.7 Å². The Balaban J connectivity index is 2.24. The van der Waals surface area contributed by atoms with Crippen molar-refractivity contribution in [2.24, 2.45) is 5.92 Å². The first-order valence-corrected chi connectivity index (χ1v) is 11.7. The van der Waals surface area contributed by atoms with E-state index in [1.165, 1.54) is 0 Å². The molecule has 2 rings (SSSR count). The zero-order valence-electron chi connectivity index (χ0n) is 18.3. The van der Waals surface area contributed by atoms with E-state index >= 15 is 0 Å². The number of hydrogen-bond donors (Lipinski definition) is 1. The minimum atomic E-state index is -4.91. The lowest BCUT2D eigenvalue weighted by Crippen LogP contribution is -2.32. The Morgan fingerprint density at radius 2 is 1.56 bits per heavy atom. The lowest BCUT2D eigenvalue weighted by molar-refractivity contribution is -0.139. The second kappa shape index (κ2) is 12.3. The minimum absolute atomic E-state index is 0.0421. The molecule has 198 valence electrons. The smallest absolute Gasteiger partial charge is 0.308 e. The molecule has 0 saturated heterocycles. The van der Waals surface area contributed by atoms with Crippen molar-refractivity contribution in [2.45, 2.75) is 31.6 Å². The van der Waals surface area contributed by atoms with Crippen LogP contribution < -0.4 is 5.32 Å². The molecule has 0 aliphatic carbocycles. The Labute approximate surface area is 222 Å². The van der Waals surface area contributed by atoms with E-state index < -0.39 is 47.9 Å². The fourth-order valence-corrected chi connectivity index (χ4v) is 4.12. The lowest BCUT2D eigenvalue weighted by Gasteiger charge is -2.19. The molecule has 13 heteroatoms. The molecule has 0 aliphatic rings. The Hall–Kier alpha value is -1.52. The van der Waals surface area contributed by atoms with Crippen molar-refractivity contribution in [1.29, 1.82) is 0 Å². The average molecular weight is 599 g/mol. The molecule has 0 spiro atoms. The Morgan fingerprint density at radius 3 is 2.06 bits per heavy atom. The monoisotopic (exact) mass is 597 g/mol. The molecule has 36 heavy (non-hydrogen) atoms. The second-order valence-corrected chi connectivity index (χ2v) is 9.61. The number of benzene rings is 2. The number of carbonyl (C=O) groups excluding carboxylic acids is 1. The molecule has 0 aromatic heterocycles. The largest absolute Gasteiger partial charge is 0.401 e. The predicted octanol–water partition coefficient (Wildman–Crippen LogP) is 9.32. The van der Waals surface area contributed by atoms with Gasteiger partial charge < -0.3 is 5.32 Å². The first-order valence-electron chi connectivity index (χ1n) is 10.2. The van der Waals surface area contributed by atoms with E-state index in [0.29, 0.717) is 6.08 Å². The molecular weight excluding hydrogens is 581 g/mol. The SMILES string of the molecule is C[C@H](CNCC(F)(F)F)CC(=O)c1ccc(/C(F)=C/C(c2cc(Cl)c(Cl)c(Cl)c2)C(F)(F)F)cc1Cl. The van der Waals surface area contributed by atoms with E-state index in [1.54, 1.807) is 6.92 Å². The molecule has 0 fully saturated rings. The van der Waals surface area contributed by atoms with Crippen molar-refractivity contribution in [3.63, 3.8) is 0 Å². The summed E-state index contributed by atoms with van der Waals surface area (Å²) in [5.74, 6) is -4.69. The molecule has 2 aromatic rings. The van der Waals surface area contributed by atoms with E-state index in [0.717, 1.165) is 30.3 Å². The highest BCUT2D eigenvalue weighted by atomic mass is 35.5. The Bertz CT molecular complexity index is 1110. The number of ketones is 1. The summed E-state index contributed by atoms with van der Waals surface area (Å²) >= 11 is 23.5. The van der Waals surface area contributed by atoms with Crippen LogP contribution in [0.5, 0.6) is 0 Å². The van der Waals surface area contributed by atoms with Gasteiger partial charge in [0.15, 0.2) is 5.78 Å². The van der Waals surface area contributed by atoms with E-state index in [2.05, 4.69) is 5.32 Å². The van der Waals surface area contributed by atoms with Crippen LogP contribution in [0.3, 0.4) is 0 Å². The van der Waals surface area contributed by atoms with Crippen LogP contribution in [0.2, 0.25) is 20.1 Å². The van der Waals surface area contributed by atoms with Crippen LogP contribution in [0, 0.1) is 5.92 Å². The van der Waals surface area contributed by atoms with Gasteiger partial charge in [-0.05, 0) is 48.4 Å². The van der Waals surface area contributed by atoms with Crippen LogP contribution in [0.4, 0.5) is 30.7 Å². The van der Waals surface area contributed by atoms with Crippen LogP contribution in [0.15, 0.2) is 36.4 Å². The highest BCUT2D eigenvalue weighted by molar-refractivity contribution is 6.48. The molecule has 0 aliphatic heterocycles. The van der Waals surface area contributed by atoms with Gasteiger partial charge in [0, 0.05) is 17.5 Å². The van der Waals surface area contributed by atoms with E-state index in [1.807, 2.05) is 0 Å². The van der Waals surface area contributed by atoms with Crippen LogP contribution in [0.1, 0.15) is 40.7 Å². The highest BCUT2D eigenvalue weighted by Crippen LogP contribution is 2.42. The van der Waals surface area contributed by atoms with Gasteiger partial charge in [-0.1, -0.05) is 59.4 Å². The van der Waals surface area contributed by atoms with E-state index in [4.69, 9.17) is 46.4 Å². The standard InChI is InChI=1S/C23H18Cl4F7NO/c1-11(9-35-10-22(29,30)31)4-20(36)14-3-2-12(5-16(14)24)19(28)8-15(23(32,33)34)13-6-17(25)21(27)18(26)7-13/h2-3,5-8,11,15,35H,4,9-10H2,1H3/b19-8-/t11-,15?/m0/s1. The van der Waals surface area contributed by atoms with Crippen molar-refractivity contribution in [1.82, 2.24) is 5.32 Å². The number of halogens is 11. The molecule has 0 radical (unpaired) electrons. The van der Waals surface area contributed by atoms with E-state index in [9.17, 15) is 35.5 Å². The van der Waals surface area contributed by atoms with E-state index in [-0.39, 0.29) is 44.2 Å². The minimum Gasteiger partial charge on any atom is -0.308 e. The van der Waals surface area contributed by atoms with Gasteiger partial charge in [-0.15, -0.1) is 0 Å². The average Bonchev–Trinajstić information content (AvgIpc) is 2.73. The number of nitrogens with one attached hydrogen (secondary N) is 1. The molecular formula is C23H18Cl4F7NO. The summed E-state index contributed by atoms with van der Waals surface area (Å²) in [5.41, 5.74) is -0.806. The first-order chi connectivity index (χ1) is 16.5. The second-order valence-electron chi connectivity index (χ2n) is 8.01. The van der Waals surface area contributed by atoms with Crippen LogP contribution in [-0.4, -0.2) is 31.2 Å². The Kier molecular flexibility index (Phi) is 10.5. The molecule has 2 nitrogen and oxygen atoms in total. The third-order valence-electron chi connectivity index (χ3n) is 4.93. The number of carbonyl (C=O) groups is 1. The molecule has 2 aromatic carbocycles. The van der Waals surface area contributed by atoms with Crippen molar-refractivity contribution in [2.75, 3.05) is 13.1 Å². The van der Waals surface area contributed by atoms with Crippen molar-refractivity contribution >= 4 is 58.0 Å². The van der Waals surface area contributed by atoms with Gasteiger partial charge in [-0.3, -0.25) is 4.79 Å². The quantitative estimate of drug-likeness (QED) is 0.177. The fraction of sp³-hybridized carbons (Fsp3) is 0.348. The summed E-state index contributed by atoms with van der Waals surface area (Å²) in [5, 5.41) is 1.34. The van der Waals surface area contributed by atoms with Crippen molar-refractivity contribution in [3.8, 4) is 0 Å². The maximum Gasteiger partial charge on any atom is 0.401 e. The third kappa shape index (κ3) is 8.80. The Morgan fingerprint density at radius 1 is 0.972 bits per heavy atom. The summed E-state index contributed by atoms with van der Waals surface area (Å²) in [6.07, 6.45) is -9.14. The van der Waals surface area contributed by atoms with Crippen LogP contribution >= 0.6 is 46.4 Å². The number of rotatable bonds is 9. The predicted molar refractivity (Wildman–Crippen MR) is 128 cm³/mol. The summed E-state index contributed by atoms with van der Waals surface area (Å²) in [4.78, 5) is 12.5. The summed E-state index contributed by atoms with van der Waals surface area (Å²) in [6.45, 7) is 0.258. The first kappa shape index (κ1) is 30.7. The van der Waals surface area contributed by atoms with Crippen molar-refractivity contribution in [3.05, 3.63) is 73.2 Å². The topological polar surface area (TPSA) is 29.1 Å². The molecule has 0 bridgehead atoms. The fourth-order valence-electron chi connectivity index (χ4n) is 3.23. The number of alkyl halides is 6. The summed E-state index contributed by atoms with van der Waals surface area (Å²) in [7, 11) is 0. The highest BCUT2D eigenvalue weighted by Gasteiger charge is 2.40. The zero-order valence-corrected chi connectivity index (χ0v) is 21.3. The molecule has 0 saturated carbocycles. The van der Waals surface area contributed by atoms with Gasteiger partial charge in [-0.25, -0.2) is 4.39 Å². The van der Waals surface area contributed by atoms with Gasteiger partial charge in [0.25, 0.3) is 0 Å². The summed E-state index contributed by atoms with van der Waals surface area (Å²) in [6, 6.07) is 5.06.